The number of ether oxygens (including phenoxy) is 2. The molecule has 146 valence electrons. The first-order valence-electron chi connectivity index (χ1n) is 8.55. The maximum absolute atomic E-state index is 12.1. The zero-order chi connectivity index (χ0) is 19.3. The van der Waals surface area contributed by atoms with Crippen molar-refractivity contribution in [2.24, 2.45) is 11.1 Å². The van der Waals surface area contributed by atoms with Crippen LogP contribution in [0.5, 0.6) is 0 Å². The second-order valence-electron chi connectivity index (χ2n) is 6.58. The Hall–Kier alpha value is -1.68. The van der Waals surface area contributed by atoms with Crippen molar-refractivity contribution in [2.75, 3.05) is 45.3 Å². The van der Waals surface area contributed by atoms with E-state index in [-0.39, 0.29) is 16.5 Å². The number of nitrogens with one attached hydrogen (secondary N) is 1. The van der Waals surface area contributed by atoms with Crippen LogP contribution >= 0.6 is 0 Å². The standard InChI is InChI=1S/C17H27N3O5S/c1-12(2)16(20-6-8-25-9-7-20)11-19-15-5-4-13(26(18,22)23)10-14(15)17(21)24-3/h4-5,10,12,16,19H,6-9,11H2,1-3H3,(H2,18,22,23). The number of carbonyl (C=O) groups is 1. The van der Waals surface area contributed by atoms with Gasteiger partial charge < -0.3 is 14.8 Å². The molecular weight excluding hydrogens is 358 g/mol. The summed E-state index contributed by atoms with van der Waals surface area (Å²) < 4.78 is 33.3. The highest BCUT2D eigenvalue weighted by Gasteiger charge is 2.24. The first kappa shape index (κ1) is 20.6. The smallest absolute Gasteiger partial charge is 0.340 e. The molecule has 8 nitrogen and oxygen atoms in total. The Kier molecular flexibility index (Phi) is 6.99. The SMILES string of the molecule is COC(=O)c1cc(S(N)(=O)=O)ccc1NCC(C(C)C)N1CCOCC1. The summed E-state index contributed by atoms with van der Waals surface area (Å²) in [6.07, 6.45) is 0. The lowest BCUT2D eigenvalue weighted by Crippen LogP contribution is -2.49. The third kappa shape index (κ3) is 5.16. The van der Waals surface area contributed by atoms with E-state index in [0.29, 0.717) is 31.4 Å². The van der Waals surface area contributed by atoms with Crippen LogP contribution in [-0.2, 0) is 19.5 Å². The van der Waals surface area contributed by atoms with Crippen molar-refractivity contribution < 1.29 is 22.7 Å². The number of morpholine rings is 1. The Bertz CT molecular complexity index is 730. The Morgan fingerprint density at radius 3 is 2.54 bits per heavy atom. The van der Waals surface area contributed by atoms with Gasteiger partial charge in [0.15, 0.2) is 0 Å². The van der Waals surface area contributed by atoms with Gasteiger partial charge in [-0.15, -0.1) is 0 Å². The number of hydrogen-bond donors (Lipinski definition) is 2. The van der Waals surface area contributed by atoms with Crippen molar-refractivity contribution in [3.63, 3.8) is 0 Å². The molecule has 9 heteroatoms. The van der Waals surface area contributed by atoms with E-state index >= 15 is 0 Å². The second-order valence-corrected chi connectivity index (χ2v) is 8.15. The molecule has 1 unspecified atom stereocenters. The number of rotatable bonds is 7. The number of benzene rings is 1. The molecule has 1 aromatic carbocycles. The van der Waals surface area contributed by atoms with Crippen molar-refractivity contribution in [2.45, 2.75) is 24.8 Å². The average molecular weight is 385 g/mol. The van der Waals surface area contributed by atoms with E-state index in [1.165, 1.54) is 19.2 Å². The van der Waals surface area contributed by atoms with Gasteiger partial charge in [-0.25, -0.2) is 18.4 Å². The van der Waals surface area contributed by atoms with Crippen LogP contribution in [0.2, 0.25) is 0 Å². The van der Waals surface area contributed by atoms with Gasteiger partial charge in [0.05, 0.1) is 30.8 Å². The fourth-order valence-corrected chi connectivity index (χ4v) is 3.58. The van der Waals surface area contributed by atoms with Crippen molar-refractivity contribution in [1.82, 2.24) is 4.90 Å². The highest BCUT2D eigenvalue weighted by atomic mass is 32.2. The van der Waals surface area contributed by atoms with Gasteiger partial charge in [0.2, 0.25) is 10.0 Å². The van der Waals surface area contributed by atoms with Crippen LogP contribution in [0.3, 0.4) is 0 Å². The van der Waals surface area contributed by atoms with E-state index < -0.39 is 16.0 Å². The van der Waals surface area contributed by atoms with E-state index in [0.717, 1.165) is 13.1 Å². The monoisotopic (exact) mass is 385 g/mol. The zero-order valence-electron chi connectivity index (χ0n) is 15.4. The second kappa shape index (κ2) is 8.81. The number of nitrogens with two attached hydrogens (primary N) is 1. The summed E-state index contributed by atoms with van der Waals surface area (Å²) >= 11 is 0. The fourth-order valence-electron chi connectivity index (χ4n) is 3.04. The first-order valence-corrected chi connectivity index (χ1v) is 10.1. The number of nitrogens with zero attached hydrogens (tertiary/aromatic N) is 1. The van der Waals surface area contributed by atoms with Gasteiger partial charge >= 0.3 is 5.97 Å². The molecule has 1 aromatic rings. The predicted molar refractivity (Wildman–Crippen MR) is 98.7 cm³/mol. The molecule has 1 atom stereocenters. The van der Waals surface area contributed by atoms with E-state index in [1.807, 2.05) is 0 Å². The number of anilines is 1. The molecule has 2 rings (SSSR count). The van der Waals surface area contributed by atoms with Gasteiger partial charge in [-0.05, 0) is 24.1 Å². The van der Waals surface area contributed by atoms with Crippen molar-refractivity contribution in [1.29, 1.82) is 0 Å². The van der Waals surface area contributed by atoms with Crippen LogP contribution in [0.1, 0.15) is 24.2 Å². The number of hydrogen-bond acceptors (Lipinski definition) is 7. The summed E-state index contributed by atoms with van der Waals surface area (Å²) in [5, 5.41) is 8.42. The summed E-state index contributed by atoms with van der Waals surface area (Å²) in [4.78, 5) is 14.3. The third-order valence-electron chi connectivity index (χ3n) is 4.51. The van der Waals surface area contributed by atoms with Crippen molar-refractivity contribution >= 4 is 21.7 Å². The van der Waals surface area contributed by atoms with Gasteiger partial charge in [0.1, 0.15) is 0 Å². The minimum absolute atomic E-state index is 0.128. The molecule has 0 bridgehead atoms. The summed E-state index contributed by atoms with van der Waals surface area (Å²) in [6.45, 7) is 8.04. The molecule has 0 saturated carbocycles. The van der Waals surface area contributed by atoms with Crippen molar-refractivity contribution in [3.05, 3.63) is 23.8 Å². The molecule has 0 aliphatic carbocycles. The third-order valence-corrected chi connectivity index (χ3v) is 5.42. The summed E-state index contributed by atoms with van der Waals surface area (Å²) in [6, 6.07) is 4.41. The molecule has 0 amide bonds. The average Bonchev–Trinajstić information content (AvgIpc) is 2.61. The van der Waals surface area contributed by atoms with Crippen molar-refractivity contribution in [3.8, 4) is 0 Å². The van der Waals surface area contributed by atoms with Gasteiger partial charge in [-0.2, -0.15) is 0 Å². The van der Waals surface area contributed by atoms with Crippen LogP contribution in [0.25, 0.3) is 0 Å². The van der Waals surface area contributed by atoms with Crippen LogP contribution in [0, 0.1) is 5.92 Å². The molecule has 0 aromatic heterocycles. The molecule has 0 radical (unpaired) electrons. The van der Waals surface area contributed by atoms with E-state index in [4.69, 9.17) is 14.6 Å². The minimum atomic E-state index is -3.90. The van der Waals surface area contributed by atoms with E-state index in [1.54, 1.807) is 6.07 Å². The van der Waals surface area contributed by atoms with Crippen LogP contribution in [-0.4, -0.2) is 65.3 Å². The Morgan fingerprint density at radius 1 is 1.35 bits per heavy atom. The largest absolute Gasteiger partial charge is 0.465 e. The molecule has 1 heterocycles. The minimum Gasteiger partial charge on any atom is -0.465 e. The number of sulfonamides is 1. The maximum atomic E-state index is 12.1. The van der Waals surface area contributed by atoms with Gasteiger partial charge in [0.25, 0.3) is 0 Å². The molecular formula is C17H27N3O5S. The highest BCUT2D eigenvalue weighted by molar-refractivity contribution is 7.89. The molecule has 26 heavy (non-hydrogen) atoms. The topological polar surface area (TPSA) is 111 Å². The first-order chi connectivity index (χ1) is 12.2. The number of primary sulfonamides is 1. The normalized spacial score (nSPS) is 17.1. The van der Waals surface area contributed by atoms with Gasteiger partial charge in [0, 0.05) is 31.4 Å². The zero-order valence-corrected chi connectivity index (χ0v) is 16.2. The van der Waals surface area contributed by atoms with Gasteiger partial charge in [-0.1, -0.05) is 13.8 Å². The molecule has 3 N–H and O–H groups in total. The summed E-state index contributed by atoms with van der Waals surface area (Å²) in [5.41, 5.74) is 0.659. The van der Waals surface area contributed by atoms with Gasteiger partial charge in [-0.3, -0.25) is 4.90 Å². The molecule has 1 saturated heterocycles. The lowest BCUT2D eigenvalue weighted by molar-refractivity contribution is 0.00954. The molecule has 1 aliphatic heterocycles. The lowest BCUT2D eigenvalue weighted by atomic mass is 10.0. The van der Waals surface area contributed by atoms with Crippen LogP contribution < -0.4 is 10.5 Å². The quantitative estimate of drug-likeness (QED) is 0.671. The molecule has 1 aliphatic rings. The Labute approximate surface area is 154 Å². The number of carbonyl (C=O) groups excluding carboxylic acids is 1. The predicted octanol–water partition coefficient (Wildman–Crippen LogP) is 0.889. The summed E-state index contributed by atoms with van der Waals surface area (Å²) in [5.74, 6) is -0.226. The Morgan fingerprint density at radius 2 is 2.00 bits per heavy atom. The van der Waals surface area contributed by atoms with Crippen LogP contribution in [0.15, 0.2) is 23.1 Å². The maximum Gasteiger partial charge on any atom is 0.340 e. The van der Waals surface area contributed by atoms with E-state index in [9.17, 15) is 13.2 Å². The summed E-state index contributed by atoms with van der Waals surface area (Å²) in [7, 11) is -2.65. The number of methoxy groups -OCH3 is 1. The molecule has 0 spiro atoms. The fraction of sp³-hybridized carbons (Fsp3) is 0.588. The molecule has 1 fully saturated rings. The van der Waals surface area contributed by atoms with Crippen LogP contribution in [0.4, 0.5) is 5.69 Å². The lowest BCUT2D eigenvalue weighted by Gasteiger charge is -2.37. The number of esters is 1. The Balaban J connectivity index is 2.22. The van der Waals surface area contributed by atoms with E-state index in [2.05, 4.69) is 24.1 Å². The highest BCUT2D eigenvalue weighted by Crippen LogP contribution is 2.22.